The largest absolute Gasteiger partial charge is 0.393 e. The van der Waals surface area contributed by atoms with Gasteiger partial charge in [0.15, 0.2) is 17.5 Å². The molecular weight excluding hydrogens is 299 g/mol. The highest BCUT2D eigenvalue weighted by molar-refractivity contribution is 5.38. The highest BCUT2D eigenvalue weighted by atomic mass is 19.1. The maximum atomic E-state index is 14.0. The molecular formula is C15H21FN6O. The van der Waals surface area contributed by atoms with E-state index in [1.54, 1.807) is 13.8 Å². The number of H-pyrrole nitrogens is 1. The first kappa shape index (κ1) is 15.8. The van der Waals surface area contributed by atoms with E-state index in [9.17, 15) is 9.50 Å². The predicted molar refractivity (Wildman–Crippen MR) is 82.5 cm³/mol. The van der Waals surface area contributed by atoms with Crippen LogP contribution in [-0.4, -0.2) is 42.9 Å². The monoisotopic (exact) mass is 320 g/mol. The van der Waals surface area contributed by atoms with Crippen molar-refractivity contribution in [3.63, 3.8) is 0 Å². The van der Waals surface area contributed by atoms with Crippen LogP contribution in [0.15, 0.2) is 0 Å². The van der Waals surface area contributed by atoms with Crippen molar-refractivity contribution in [2.24, 2.45) is 5.92 Å². The molecule has 7 nitrogen and oxygen atoms in total. The smallest absolute Gasteiger partial charge is 0.186 e. The Morgan fingerprint density at radius 2 is 2.00 bits per heavy atom. The first-order chi connectivity index (χ1) is 10.9. The fraction of sp³-hybridized carbons (Fsp3) is 0.600. The van der Waals surface area contributed by atoms with Crippen molar-refractivity contribution in [2.45, 2.75) is 45.6 Å². The summed E-state index contributed by atoms with van der Waals surface area (Å²) >= 11 is 0. The Bertz CT molecular complexity index is 703. The number of hydrogen-bond acceptors (Lipinski definition) is 6. The topological polar surface area (TPSA) is 99.6 Å². The Hall–Kier alpha value is -2.09. The zero-order valence-corrected chi connectivity index (χ0v) is 13.5. The normalized spacial score (nSPS) is 24.1. The summed E-state index contributed by atoms with van der Waals surface area (Å²) in [7, 11) is 0. The minimum Gasteiger partial charge on any atom is -0.393 e. The van der Waals surface area contributed by atoms with E-state index in [1.807, 2.05) is 6.92 Å². The van der Waals surface area contributed by atoms with E-state index in [2.05, 4.69) is 30.5 Å². The molecule has 2 aromatic rings. The van der Waals surface area contributed by atoms with Crippen molar-refractivity contribution in [3.8, 4) is 0 Å². The van der Waals surface area contributed by atoms with E-state index in [4.69, 9.17) is 0 Å². The molecule has 23 heavy (non-hydrogen) atoms. The van der Waals surface area contributed by atoms with E-state index in [0.717, 1.165) is 18.1 Å². The second-order valence-electron chi connectivity index (χ2n) is 6.17. The molecule has 0 radical (unpaired) electrons. The molecule has 1 aliphatic carbocycles. The standard InChI is InChI=1S/C15H21FN6O/c1-7-13(16)15(19-8(2)18-7)17-6-11-4-10(5-12(11)23)14-20-9(3)21-22-14/h10-12,23H,4-6H2,1-3H3,(H,17,18,19)(H,20,21,22)/t10-,11+,12+/m0/s1. The first-order valence-electron chi connectivity index (χ1n) is 7.75. The van der Waals surface area contributed by atoms with Gasteiger partial charge in [0.1, 0.15) is 11.6 Å². The lowest BCUT2D eigenvalue weighted by molar-refractivity contribution is 0.137. The summed E-state index contributed by atoms with van der Waals surface area (Å²) in [5.41, 5.74) is 0.320. The zero-order chi connectivity index (χ0) is 16.6. The number of nitrogens with one attached hydrogen (secondary N) is 2. The number of aliphatic hydroxyl groups excluding tert-OH is 1. The molecule has 3 N–H and O–H groups in total. The maximum Gasteiger partial charge on any atom is 0.186 e. The third-order valence-corrected chi connectivity index (χ3v) is 4.30. The van der Waals surface area contributed by atoms with Gasteiger partial charge in [-0.2, -0.15) is 5.10 Å². The molecule has 0 unspecified atom stereocenters. The molecule has 0 aromatic carbocycles. The van der Waals surface area contributed by atoms with E-state index >= 15 is 0 Å². The van der Waals surface area contributed by atoms with Crippen molar-refractivity contribution in [2.75, 3.05) is 11.9 Å². The van der Waals surface area contributed by atoms with Crippen LogP contribution >= 0.6 is 0 Å². The van der Waals surface area contributed by atoms with E-state index in [0.29, 0.717) is 24.5 Å². The molecule has 1 aliphatic rings. The number of aromatic nitrogens is 5. The summed E-state index contributed by atoms with van der Waals surface area (Å²) in [5.74, 6) is 1.92. The van der Waals surface area contributed by atoms with Crippen LogP contribution in [0, 0.1) is 32.5 Å². The van der Waals surface area contributed by atoms with Gasteiger partial charge in [-0.1, -0.05) is 0 Å². The molecule has 0 saturated heterocycles. The minimum absolute atomic E-state index is 0.00813. The molecule has 124 valence electrons. The van der Waals surface area contributed by atoms with Crippen molar-refractivity contribution >= 4 is 5.82 Å². The number of hydrogen-bond donors (Lipinski definition) is 3. The van der Waals surface area contributed by atoms with Gasteiger partial charge in [-0.3, -0.25) is 5.10 Å². The molecule has 2 heterocycles. The first-order valence-corrected chi connectivity index (χ1v) is 7.75. The SMILES string of the molecule is Cc1nc(C)c(F)c(NC[C@H]2C[C@H](c3n[nH]c(C)n3)C[C@H]2O)n1. The molecule has 2 aromatic heterocycles. The van der Waals surface area contributed by atoms with Crippen LogP contribution in [0.3, 0.4) is 0 Å². The van der Waals surface area contributed by atoms with Gasteiger partial charge < -0.3 is 10.4 Å². The zero-order valence-electron chi connectivity index (χ0n) is 13.5. The van der Waals surface area contributed by atoms with Crippen molar-refractivity contribution in [1.82, 2.24) is 25.1 Å². The number of aromatic amines is 1. The van der Waals surface area contributed by atoms with Gasteiger partial charge in [-0.05, 0) is 33.6 Å². The molecule has 8 heteroatoms. The van der Waals surface area contributed by atoms with Crippen LogP contribution in [-0.2, 0) is 0 Å². The summed E-state index contributed by atoms with van der Waals surface area (Å²) in [5, 5.41) is 20.3. The quantitative estimate of drug-likeness (QED) is 0.792. The lowest BCUT2D eigenvalue weighted by Gasteiger charge is -2.16. The van der Waals surface area contributed by atoms with E-state index < -0.39 is 11.9 Å². The number of nitrogens with zero attached hydrogens (tertiary/aromatic N) is 4. The Morgan fingerprint density at radius 3 is 2.70 bits per heavy atom. The van der Waals surface area contributed by atoms with Crippen LogP contribution in [0.5, 0.6) is 0 Å². The van der Waals surface area contributed by atoms with Gasteiger partial charge in [0.2, 0.25) is 0 Å². The summed E-state index contributed by atoms with van der Waals surface area (Å²) in [6, 6.07) is 0. The van der Waals surface area contributed by atoms with Gasteiger partial charge in [0.05, 0.1) is 11.8 Å². The summed E-state index contributed by atoms with van der Waals surface area (Å²) in [4.78, 5) is 12.4. The van der Waals surface area contributed by atoms with Crippen LogP contribution < -0.4 is 5.32 Å². The second-order valence-corrected chi connectivity index (χ2v) is 6.17. The Kier molecular flexibility index (Phi) is 4.25. The van der Waals surface area contributed by atoms with Gasteiger partial charge >= 0.3 is 0 Å². The number of aliphatic hydroxyl groups is 1. The highest BCUT2D eigenvalue weighted by Crippen LogP contribution is 2.37. The van der Waals surface area contributed by atoms with Crippen LogP contribution in [0.1, 0.15) is 41.9 Å². The number of rotatable bonds is 4. The van der Waals surface area contributed by atoms with E-state index in [-0.39, 0.29) is 17.7 Å². The third-order valence-electron chi connectivity index (χ3n) is 4.30. The number of anilines is 1. The lowest BCUT2D eigenvalue weighted by Crippen LogP contribution is -2.23. The summed E-state index contributed by atoms with van der Waals surface area (Å²) < 4.78 is 14.0. The molecule has 0 amide bonds. The molecule has 3 rings (SSSR count). The Labute approximate surface area is 133 Å². The summed E-state index contributed by atoms with van der Waals surface area (Å²) in [6.07, 6.45) is 0.919. The average molecular weight is 320 g/mol. The van der Waals surface area contributed by atoms with Gasteiger partial charge in [0.25, 0.3) is 0 Å². The van der Waals surface area contributed by atoms with Crippen molar-refractivity contribution in [3.05, 3.63) is 29.0 Å². The van der Waals surface area contributed by atoms with Gasteiger partial charge in [-0.25, -0.2) is 19.3 Å². The minimum atomic E-state index is -0.460. The van der Waals surface area contributed by atoms with Crippen LogP contribution in [0.4, 0.5) is 10.2 Å². The maximum absolute atomic E-state index is 14.0. The number of aryl methyl sites for hydroxylation is 3. The highest BCUT2D eigenvalue weighted by Gasteiger charge is 2.35. The van der Waals surface area contributed by atoms with Crippen LogP contribution in [0.25, 0.3) is 0 Å². The molecule has 0 bridgehead atoms. The van der Waals surface area contributed by atoms with Crippen molar-refractivity contribution in [1.29, 1.82) is 0 Å². The molecule has 1 fully saturated rings. The fourth-order valence-corrected chi connectivity index (χ4v) is 3.12. The molecule has 0 spiro atoms. The Balaban J connectivity index is 1.65. The van der Waals surface area contributed by atoms with Gasteiger partial charge in [-0.15, -0.1) is 0 Å². The van der Waals surface area contributed by atoms with Gasteiger partial charge in [0, 0.05) is 18.4 Å². The average Bonchev–Trinajstić information content (AvgIpc) is 3.07. The van der Waals surface area contributed by atoms with E-state index in [1.165, 1.54) is 0 Å². The molecule has 0 aliphatic heterocycles. The Morgan fingerprint density at radius 1 is 1.22 bits per heavy atom. The summed E-state index contributed by atoms with van der Waals surface area (Å²) in [6.45, 7) is 5.64. The predicted octanol–water partition coefficient (Wildman–Crippen LogP) is 1.63. The van der Waals surface area contributed by atoms with Crippen molar-refractivity contribution < 1.29 is 9.50 Å². The van der Waals surface area contributed by atoms with Crippen LogP contribution in [0.2, 0.25) is 0 Å². The molecule has 1 saturated carbocycles. The fourth-order valence-electron chi connectivity index (χ4n) is 3.12. The number of halogens is 1. The third kappa shape index (κ3) is 3.31. The lowest BCUT2D eigenvalue weighted by atomic mass is 10.0. The molecule has 3 atom stereocenters. The second kappa shape index (κ2) is 6.19.